The number of hydrogen-bond acceptors (Lipinski definition) is 3. The number of anilines is 2. The van der Waals surface area contributed by atoms with E-state index in [0.717, 1.165) is 17.2 Å². The minimum Gasteiger partial charge on any atom is -0.373 e. The summed E-state index contributed by atoms with van der Waals surface area (Å²) in [6, 6.07) is 4.17. The van der Waals surface area contributed by atoms with E-state index >= 15 is 0 Å². The highest BCUT2D eigenvalue weighted by molar-refractivity contribution is 6.01. The standard InChI is InChI=1S/C13H19N3O/c1-8(2)10-5-6-11-13(15-10)16(9(3)4)12(17)7-14-11/h5-6,8-9,14H,7H2,1-4H3. The zero-order valence-corrected chi connectivity index (χ0v) is 10.8. The molecule has 0 unspecified atom stereocenters. The van der Waals surface area contributed by atoms with E-state index in [9.17, 15) is 4.79 Å². The van der Waals surface area contributed by atoms with Crippen molar-refractivity contribution in [3.8, 4) is 0 Å². The second kappa shape index (κ2) is 4.35. The van der Waals surface area contributed by atoms with Crippen LogP contribution in [0.25, 0.3) is 0 Å². The van der Waals surface area contributed by atoms with E-state index in [-0.39, 0.29) is 11.9 Å². The molecule has 1 amide bonds. The molecule has 0 radical (unpaired) electrons. The fourth-order valence-corrected chi connectivity index (χ4v) is 2.01. The second-order valence-corrected chi connectivity index (χ2v) is 4.97. The first kappa shape index (κ1) is 11.9. The van der Waals surface area contributed by atoms with Crippen LogP contribution in [0.4, 0.5) is 11.5 Å². The van der Waals surface area contributed by atoms with Gasteiger partial charge in [0.1, 0.15) is 0 Å². The lowest BCUT2D eigenvalue weighted by Gasteiger charge is -2.32. The van der Waals surface area contributed by atoms with Gasteiger partial charge in [-0.25, -0.2) is 4.98 Å². The molecule has 92 valence electrons. The summed E-state index contributed by atoms with van der Waals surface area (Å²) in [7, 11) is 0. The van der Waals surface area contributed by atoms with E-state index in [0.29, 0.717) is 12.5 Å². The zero-order chi connectivity index (χ0) is 12.6. The van der Waals surface area contributed by atoms with Gasteiger partial charge in [-0.1, -0.05) is 13.8 Å². The van der Waals surface area contributed by atoms with Crippen molar-refractivity contribution < 1.29 is 4.79 Å². The Morgan fingerprint density at radius 1 is 1.29 bits per heavy atom. The number of hydrogen-bond donors (Lipinski definition) is 1. The molecule has 17 heavy (non-hydrogen) atoms. The van der Waals surface area contributed by atoms with Crippen molar-refractivity contribution >= 4 is 17.4 Å². The Balaban J connectivity index is 2.48. The molecule has 1 aromatic rings. The number of amides is 1. The van der Waals surface area contributed by atoms with Crippen molar-refractivity contribution in [1.82, 2.24) is 4.98 Å². The normalized spacial score (nSPS) is 15.2. The zero-order valence-electron chi connectivity index (χ0n) is 10.8. The topological polar surface area (TPSA) is 45.2 Å². The Morgan fingerprint density at radius 2 is 2.00 bits per heavy atom. The summed E-state index contributed by atoms with van der Waals surface area (Å²) in [6.45, 7) is 8.58. The molecule has 4 nitrogen and oxygen atoms in total. The van der Waals surface area contributed by atoms with Gasteiger partial charge in [0, 0.05) is 11.7 Å². The smallest absolute Gasteiger partial charge is 0.247 e. The summed E-state index contributed by atoms with van der Waals surface area (Å²) >= 11 is 0. The summed E-state index contributed by atoms with van der Waals surface area (Å²) in [4.78, 5) is 18.3. The monoisotopic (exact) mass is 233 g/mol. The molecule has 1 aromatic heterocycles. The lowest BCUT2D eigenvalue weighted by molar-refractivity contribution is -0.117. The average Bonchev–Trinajstić information content (AvgIpc) is 2.27. The Kier molecular flexibility index (Phi) is 3.05. The highest BCUT2D eigenvalue weighted by atomic mass is 16.2. The molecular formula is C13H19N3O. The van der Waals surface area contributed by atoms with Gasteiger partial charge in [-0.05, 0) is 31.9 Å². The van der Waals surface area contributed by atoms with E-state index in [1.807, 2.05) is 26.0 Å². The Bertz CT molecular complexity index is 440. The Morgan fingerprint density at radius 3 is 2.59 bits per heavy atom. The first-order chi connectivity index (χ1) is 8.00. The molecule has 2 rings (SSSR count). The third-order valence-corrected chi connectivity index (χ3v) is 2.93. The van der Waals surface area contributed by atoms with Gasteiger partial charge in [-0.15, -0.1) is 0 Å². The number of nitrogens with zero attached hydrogens (tertiary/aromatic N) is 2. The van der Waals surface area contributed by atoms with Gasteiger partial charge in [-0.2, -0.15) is 0 Å². The van der Waals surface area contributed by atoms with Crippen LogP contribution in [0.3, 0.4) is 0 Å². The van der Waals surface area contributed by atoms with E-state index in [1.165, 1.54) is 0 Å². The Hall–Kier alpha value is -1.58. The van der Waals surface area contributed by atoms with Crippen LogP contribution in [-0.4, -0.2) is 23.5 Å². The number of fused-ring (bicyclic) bond motifs is 1. The van der Waals surface area contributed by atoms with Gasteiger partial charge in [0.15, 0.2) is 5.82 Å². The summed E-state index contributed by atoms with van der Waals surface area (Å²) < 4.78 is 0. The third-order valence-electron chi connectivity index (χ3n) is 2.93. The number of aromatic nitrogens is 1. The second-order valence-electron chi connectivity index (χ2n) is 4.97. The molecule has 0 aromatic carbocycles. The minimum absolute atomic E-state index is 0.0842. The molecule has 0 bridgehead atoms. The van der Waals surface area contributed by atoms with Crippen LogP contribution in [-0.2, 0) is 4.79 Å². The van der Waals surface area contributed by atoms with Gasteiger partial charge in [0.2, 0.25) is 5.91 Å². The van der Waals surface area contributed by atoms with E-state index in [2.05, 4.69) is 24.1 Å². The van der Waals surface area contributed by atoms with Crippen LogP contribution >= 0.6 is 0 Å². The predicted octanol–water partition coefficient (Wildman–Crippen LogP) is 2.37. The molecule has 0 spiro atoms. The molecule has 4 heteroatoms. The maximum Gasteiger partial charge on any atom is 0.247 e. The molecule has 0 aliphatic carbocycles. The van der Waals surface area contributed by atoms with Gasteiger partial charge < -0.3 is 5.32 Å². The van der Waals surface area contributed by atoms with Crippen molar-refractivity contribution in [3.05, 3.63) is 17.8 Å². The minimum atomic E-state index is 0.0842. The van der Waals surface area contributed by atoms with Gasteiger partial charge in [0.25, 0.3) is 0 Å². The van der Waals surface area contributed by atoms with E-state index in [1.54, 1.807) is 4.90 Å². The Labute approximate surface area is 102 Å². The summed E-state index contributed by atoms with van der Waals surface area (Å²) in [5, 5.41) is 3.11. The summed E-state index contributed by atoms with van der Waals surface area (Å²) in [5.41, 5.74) is 1.97. The van der Waals surface area contributed by atoms with E-state index < -0.39 is 0 Å². The fourth-order valence-electron chi connectivity index (χ4n) is 2.01. The average molecular weight is 233 g/mol. The SMILES string of the molecule is CC(C)c1ccc2c(n1)N(C(C)C)C(=O)CN2. The number of rotatable bonds is 2. The van der Waals surface area contributed by atoms with Crippen molar-refractivity contribution in [1.29, 1.82) is 0 Å². The molecule has 1 aliphatic heterocycles. The fraction of sp³-hybridized carbons (Fsp3) is 0.538. The number of nitrogens with one attached hydrogen (secondary N) is 1. The molecule has 0 saturated heterocycles. The van der Waals surface area contributed by atoms with Gasteiger partial charge >= 0.3 is 0 Å². The van der Waals surface area contributed by atoms with Crippen LogP contribution < -0.4 is 10.2 Å². The first-order valence-corrected chi connectivity index (χ1v) is 6.07. The molecule has 1 N–H and O–H groups in total. The van der Waals surface area contributed by atoms with Crippen LogP contribution in [0.15, 0.2) is 12.1 Å². The summed E-state index contributed by atoms with van der Waals surface area (Å²) in [5.74, 6) is 1.22. The van der Waals surface area contributed by atoms with Crippen LogP contribution in [0.1, 0.15) is 39.3 Å². The molecule has 2 heterocycles. The molecule has 0 fully saturated rings. The van der Waals surface area contributed by atoms with Crippen LogP contribution in [0.5, 0.6) is 0 Å². The summed E-state index contributed by atoms with van der Waals surface area (Å²) in [6.07, 6.45) is 0. The molecular weight excluding hydrogens is 214 g/mol. The van der Waals surface area contributed by atoms with Crippen molar-refractivity contribution in [2.24, 2.45) is 0 Å². The number of carbonyl (C=O) groups is 1. The first-order valence-electron chi connectivity index (χ1n) is 6.07. The maximum atomic E-state index is 11.9. The predicted molar refractivity (Wildman–Crippen MR) is 69.4 cm³/mol. The highest BCUT2D eigenvalue weighted by Crippen LogP contribution is 2.30. The lowest BCUT2D eigenvalue weighted by atomic mass is 10.1. The van der Waals surface area contributed by atoms with Crippen LogP contribution in [0.2, 0.25) is 0 Å². The molecule has 0 atom stereocenters. The number of carbonyl (C=O) groups excluding carboxylic acids is 1. The van der Waals surface area contributed by atoms with Gasteiger partial charge in [0.05, 0.1) is 12.2 Å². The van der Waals surface area contributed by atoms with Crippen LogP contribution in [0, 0.1) is 0 Å². The lowest BCUT2D eigenvalue weighted by Crippen LogP contribution is -2.44. The van der Waals surface area contributed by atoms with Crippen molar-refractivity contribution in [3.63, 3.8) is 0 Å². The number of pyridine rings is 1. The van der Waals surface area contributed by atoms with Gasteiger partial charge in [-0.3, -0.25) is 9.69 Å². The van der Waals surface area contributed by atoms with Crippen molar-refractivity contribution in [2.45, 2.75) is 39.7 Å². The van der Waals surface area contributed by atoms with E-state index in [4.69, 9.17) is 0 Å². The van der Waals surface area contributed by atoms with Crippen molar-refractivity contribution in [2.75, 3.05) is 16.8 Å². The highest BCUT2D eigenvalue weighted by Gasteiger charge is 2.27. The maximum absolute atomic E-state index is 11.9. The quantitative estimate of drug-likeness (QED) is 0.853. The molecule has 0 saturated carbocycles. The molecule has 1 aliphatic rings. The third kappa shape index (κ3) is 2.12. The largest absolute Gasteiger partial charge is 0.373 e.